The summed E-state index contributed by atoms with van der Waals surface area (Å²) in [6.07, 6.45) is 1.04. The van der Waals surface area contributed by atoms with Crippen LogP contribution in [0, 0.1) is 6.92 Å². The first kappa shape index (κ1) is 19.1. The number of thioether (sulfide) groups is 1. The van der Waals surface area contributed by atoms with Gasteiger partial charge in [-0.25, -0.2) is 14.9 Å². The van der Waals surface area contributed by atoms with Gasteiger partial charge in [-0.3, -0.25) is 4.79 Å². The van der Waals surface area contributed by atoms with E-state index in [9.17, 15) is 9.90 Å². The fourth-order valence-corrected chi connectivity index (χ4v) is 4.01. The molecule has 0 saturated carbocycles. The Morgan fingerprint density at radius 3 is 2.79 bits per heavy atom. The first-order chi connectivity index (χ1) is 14.0. The Hall–Kier alpha value is -3.26. The lowest BCUT2D eigenvalue weighted by Crippen LogP contribution is -2.59. The number of rotatable bonds is 4. The monoisotopic (exact) mass is 405 g/mol. The summed E-state index contributed by atoms with van der Waals surface area (Å²) in [7, 11) is 0. The molecule has 1 atom stereocenters. The highest BCUT2D eigenvalue weighted by Crippen LogP contribution is 2.40. The molecule has 146 valence electrons. The van der Waals surface area contributed by atoms with E-state index in [0.717, 1.165) is 5.69 Å². The molecule has 0 bridgehead atoms. The van der Waals surface area contributed by atoms with Gasteiger partial charge < -0.3 is 5.11 Å². The lowest BCUT2D eigenvalue weighted by molar-refractivity contribution is -0.764. The number of hydrogen-bond acceptors (Lipinski definition) is 6. The number of pyridine rings is 1. The highest BCUT2D eigenvalue weighted by atomic mass is 32.2. The predicted octanol–water partition coefficient (Wildman–Crippen LogP) is 2.40. The minimum absolute atomic E-state index is 0.171. The van der Waals surface area contributed by atoms with Crippen LogP contribution in [0.3, 0.4) is 0 Å². The summed E-state index contributed by atoms with van der Waals surface area (Å²) in [5, 5.41) is 17.9. The van der Waals surface area contributed by atoms with Crippen LogP contribution >= 0.6 is 11.8 Å². The maximum Gasteiger partial charge on any atom is 0.309 e. The van der Waals surface area contributed by atoms with E-state index in [0.29, 0.717) is 33.5 Å². The van der Waals surface area contributed by atoms with E-state index in [4.69, 9.17) is 0 Å². The largest absolute Gasteiger partial charge is 0.854 e. The van der Waals surface area contributed by atoms with Crippen molar-refractivity contribution < 1.29 is 14.6 Å². The van der Waals surface area contributed by atoms with Crippen LogP contribution < -0.4 is 14.7 Å². The van der Waals surface area contributed by atoms with E-state index in [2.05, 4.69) is 21.6 Å². The summed E-state index contributed by atoms with van der Waals surface area (Å²) in [6, 6.07) is 12.9. The van der Waals surface area contributed by atoms with Crippen molar-refractivity contribution in [2.45, 2.75) is 25.2 Å². The van der Waals surface area contributed by atoms with Crippen molar-refractivity contribution in [3.05, 3.63) is 66.5 Å². The third kappa shape index (κ3) is 3.36. The average molecular weight is 405 g/mol. The Morgan fingerprint density at radius 1 is 1.28 bits per heavy atom. The number of aryl methyl sites for hydroxylation is 1. The molecule has 0 fully saturated rings. The molecule has 1 aliphatic heterocycles. The maximum absolute atomic E-state index is 13.0. The van der Waals surface area contributed by atoms with Crippen molar-refractivity contribution in [1.82, 2.24) is 15.1 Å². The molecule has 1 aromatic carbocycles. The van der Waals surface area contributed by atoms with Crippen LogP contribution in [-0.2, 0) is 4.79 Å². The maximum atomic E-state index is 13.0. The summed E-state index contributed by atoms with van der Waals surface area (Å²) < 4.78 is 1.58. The van der Waals surface area contributed by atoms with Crippen LogP contribution in [0.15, 0.2) is 60.3 Å². The highest BCUT2D eigenvalue weighted by Gasteiger charge is 2.44. The van der Waals surface area contributed by atoms with E-state index in [-0.39, 0.29) is 11.8 Å². The first-order valence-corrected chi connectivity index (χ1v) is 10.1. The van der Waals surface area contributed by atoms with Gasteiger partial charge in [0.1, 0.15) is 5.69 Å². The number of carbonyl (C=O) groups is 1. The molecule has 7 nitrogen and oxygen atoms in total. The molecule has 0 spiro atoms. The second-order valence-electron chi connectivity index (χ2n) is 6.58. The van der Waals surface area contributed by atoms with Gasteiger partial charge in [0.25, 0.3) is 10.9 Å². The topological polar surface area (TPSA) is 85.9 Å². The molecule has 4 rings (SSSR count). The number of aromatic nitrogens is 4. The quantitative estimate of drug-likeness (QED) is 0.376. The fourth-order valence-electron chi connectivity index (χ4n) is 3.44. The Labute approximate surface area is 172 Å². The number of para-hydroxylation sites is 1. The van der Waals surface area contributed by atoms with E-state index in [1.165, 1.54) is 18.7 Å². The van der Waals surface area contributed by atoms with Gasteiger partial charge in [-0.05, 0) is 31.2 Å². The van der Waals surface area contributed by atoms with Crippen LogP contribution in [0.25, 0.3) is 11.3 Å². The Bertz CT molecular complexity index is 1120. The standard InChI is InChI=1S/C21H19N5O2S/c1-4-12-29-21-23-19(28)18-15-9-5-6-11-17(15)25(14(3)27)20(26(18)24-21)16-10-7-8-13(2)22-16/h4-11,20H,1,12H2,2-3H3. The van der Waals surface area contributed by atoms with Crippen molar-refractivity contribution in [3.63, 3.8) is 0 Å². The van der Waals surface area contributed by atoms with E-state index in [1.54, 1.807) is 21.7 Å². The third-order valence-corrected chi connectivity index (χ3v) is 5.39. The normalized spacial score (nSPS) is 14.8. The highest BCUT2D eigenvalue weighted by molar-refractivity contribution is 7.99. The van der Waals surface area contributed by atoms with Gasteiger partial charge in [0.05, 0.1) is 17.1 Å². The fraction of sp³-hybridized carbons (Fsp3) is 0.190. The Balaban J connectivity index is 2.03. The minimum Gasteiger partial charge on any atom is -0.854 e. The van der Waals surface area contributed by atoms with Crippen molar-refractivity contribution in [2.24, 2.45) is 0 Å². The molecule has 3 heterocycles. The summed E-state index contributed by atoms with van der Waals surface area (Å²) in [5.74, 6) is 0.00854. The zero-order valence-electron chi connectivity index (χ0n) is 16.1. The number of fused-ring (bicyclic) bond motifs is 3. The van der Waals surface area contributed by atoms with Crippen molar-refractivity contribution in [2.75, 3.05) is 10.7 Å². The molecular formula is C21H19N5O2S. The molecule has 29 heavy (non-hydrogen) atoms. The first-order valence-electron chi connectivity index (χ1n) is 9.08. The Morgan fingerprint density at radius 2 is 2.07 bits per heavy atom. The molecule has 3 aromatic rings. The summed E-state index contributed by atoms with van der Waals surface area (Å²) in [5.41, 5.74) is 3.04. The smallest absolute Gasteiger partial charge is 0.309 e. The summed E-state index contributed by atoms with van der Waals surface area (Å²) in [4.78, 5) is 23.1. The predicted molar refractivity (Wildman–Crippen MR) is 108 cm³/mol. The van der Waals surface area contributed by atoms with Crippen molar-refractivity contribution in [1.29, 1.82) is 0 Å². The van der Waals surface area contributed by atoms with Crippen LogP contribution in [0.4, 0.5) is 5.69 Å². The number of carbonyl (C=O) groups excluding carboxylic acids is 1. The van der Waals surface area contributed by atoms with Crippen LogP contribution in [-0.4, -0.2) is 26.7 Å². The number of anilines is 1. The second kappa shape index (κ2) is 7.63. The summed E-state index contributed by atoms with van der Waals surface area (Å²) in [6.45, 7) is 7.08. The number of amides is 1. The molecule has 1 aliphatic rings. The minimum atomic E-state index is -0.684. The van der Waals surface area contributed by atoms with Crippen LogP contribution in [0.5, 0.6) is 5.88 Å². The molecule has 0 saturated heterocycles. The van der Waals surface area contributed by atoms with Crippen molar-refractivity contribution in [3.8, 4) is 17.1 Å². The average Bonchev–Trinajstić information content (AvgIpc) is 2.70. The van der Waals surface area contributed by atoms with Gasteiger partial charge in [0.15, 0.2) is 0 Å². The summed E-state index contributed by atoms with van der Waals surface area (Å²) >= 11 is 1.31. The third-order valence-electron chi connectivity index (χ3n) is 4.56. The van der Waals surface area contributed by atoms with Gasteiger partial charge in [-0.15, -0.1) is 6.58 Å². The molecule has 0 N–H and O–H groups in total. The number of hydrogen-bond donors (Lipinski definition) is 0. The molecule has 1 unspecified atom stereocenters. The van der Waals surface area contributed by atoms with Gasteiger partial charge in [0.2, 0.25) is 5.91 Å². The lowest BCUT2D eigenvalue weighted by atomic mass is 10.0. The van der Waals surface area contributed by atoms with Crippen LogP contribution in [0.2, 0.25) is 0 Å². The molecule has 1 amide bonds. The van der Waals surface area contributed by atoms with Crippen LogP contribution in [0.1, 0.15) is 24.5 Å². The van der Waals surface area contributed by atoms with Crippen molar-refractivity contribution >= 4 is 23.4 Å². The zero-order valence-corrected chi connectivity index (χ0v) is 16.9. The lowest BCUT2D eigenvalue weighted by Gasteiger charge is -2.32. The molecule has 2 aromatic heterocycles. The molecule has 0 radical (unpaired) electrons. The van der Waals surface area contributed by atoms with Gasteiger partial charge in [-0.2, -0.15) is 0 Å². The number of nitrogens with zero attached hydrogens (tertiary/aromatic N) is 5. The zero-order chi connectivity index (χ0) is 20.5. The van der Waals surface area contributed by atoms with Gasteiger partial charge in [-0.1, -0.05) is 40.7 Å². The SMILES string of the molecule is C=CCSc1nc([O-])c2[n+](n1)C(c1cccc(C)n1)N(C(C)=O)c1ccccc1-2. The second-order valence-corrected chi connectivity index (χ2v) is 7.56. The Kier molecular flexibility index (Phi) is 5.02. The molecule has 8 heteroatoms. The number of benzene rings is 1. The van der Waals surface area contributed by atoms with E-state index < -0.39 is 6.17 Å². The van der Waals surface area contributed by atoms with E-state index in [1.807, 2.05) is 43.3 Å². The van der Waals surface area contributed by atoms with Gasteiger partial charge in [0, 0.05) is 23.5 Å². The van der Waals surface area contributed by atoms with E-state index >= 15 is 0 Å². The molecular weight excluding hydrogens is 386 g/mol. The van der Waals surface area contributed by atoms with Gasteiger partial charge >= 0.3 is 6.17 Å². The molecule has 0 aliphatic carbocycles.